The van der Waals surface area contributed by atoms with Gasteiger partial charge in [-0.25, -0.2) is 9.79 Å². The molecule has 0 heterocycles. The molecule has 1 N–H and O–H groups in total. The number of allylic oxidation sites excluding steroid dienone is 1. The van der Waals surface area contributed by atoms with Crippen LogP contribution in [0.5, 0.6) is 0 Å². The molecule has 5 heteroatoms. The highest BCUT2D eigenvalue weighted by Crippen LogP contribution is 1.96. The van der Waals surface area contributed by atoms with Crippen LogP contribution in [0.4, 0.5) is 4.79 Å². The summed E-state index contributed by atoms with van der Waals surface area (Å²) in [7, 11) is 1.25. The summed E-state index contributed by atoms with van der Waals surface area (Å²) in [5.74, 6) is 0. The van der Waals surface area contributed by atoms with Gasteiger partial charge in [-0.3, -0.25) is 5.41 Å². The summed E-state index contributed by atoms with van der Waals surface area (Å²) in [6.07, 6.45) is 4.33. The third-order valence-electron chi connectivity index (χ3n) is 1.30. The number of carbonyl (C=O) groups is 1. The van der Waals surface area contributed by atoms with Crippen LogP contribution in [0.15, 0.2) is 16.6 Å². The minimum Gasteiger partial charge on any atom is -0.438 e. The Balaban J connectivity index is 4.10. The van der Waals surface area contributed by atoms with Crippen molar-refractivity contribution >= 4 is 18.7 Å². The predicted octanol–water partition coefficient (Wildman–Crippen LogP) is 1.78. The van der Waals surface area contributed by atoms with Crippen molar-refractivity contribution < 1.29 is 14.3 Å². The molecule has 14 heavy (non-hydrogen) atoms. The molecule has 0 fully saturated rings. The van der Waals surface area contributed by atoms with Crippen LogP contribution in [0.3, 0.4) is 0 Å². The lowest BCUT2D eigenvalue weighted by atomic mass is 10.2. The van der Waals surface area contributed by atoms with Gasteiger partial charge in [0.15, 0.2) is 0 Å². The smallest absolute Gasteiger partial charge is 0.438 e. The number of aliphatic imine (C=N–C) groups is 1. The zero-order valence-electron chi connectivity index (χ0n) is 8.32. The Bertz CT molecular complexity index is 246. The van der Waals surface area contributed by atoms with Gasteiger partial charge in [0.25, 0.3) is 0 Å². The molecule has 0 aliphatic heterocycles. The second kappa shape index (κ2) is 7.97. The summed E-state index contributed by atoms with van der Waals surface area (Å²) < 4.78 is 9.01. The topological polar surface area (TPSA) is 71.7 Å². The first-order valence-electron chi connectivity index (χ1n) is 4.16. The number of hydrogen-bond acceptors (Lipinski definition) is 4. The molecule has 0 aliphatic rings. The van der Waals surface area contributed by atoms with Gasteiger partial charge in [0.1, 0.15) is 12.9 Å². The summed E-state index contributed by atoms with van der Waals surface area (Å²) in [6.45, 7) is 2.06. The van der Waals surface area contributed by atoms with E-state index < -0.39 is 6.16 Å². The van der Waals surface area contributed by atoms with Gasteiger partial charge in [-0.2, -0.15) is 0 Å². The number of ether oxygens (including phenoxy) is 2. The molecule has 0 bridgehead atoms. The maximum Gasteiger partial charge on any atom is 0.508 e. The predicted molar refractivity (Wildman–Crippen MR) is 54.0 cm³/mol. The summed E-state index contributed by atoms with van der Waals surface area (Å²) in [5.41, 5.74) is 0.737. The average molecular weight is 198 g/mol. The van der Waals surface area contributed by atoms with Gasteiger partial charge < -0.3 is 9.47 Å². The van der Waals surface area contributed by atoms with E-state index in [0.717, 1.165) is 18.3 Å². The van der Waals surface area contributed by atoms with Gasteiger partial charge in [0.05, 0.1) is 7.11 Å². The lowest BCUT2D eigenvalue weighted by molar-refractivity contribution is 0.0808. The minimum absolute atomic E-state index is 0.109. The molecule has 0 amide bonds. The van der Waals surface area contributed by atoms with Crippen LogP contribution in [-0.4, -0.2) is 32.4 Å². The molecule has 0 radical (unpaired) electrons. The van der Waals surface area contributed by atoms with E-state index in [1.807, 2.05) is 13.0 Å². The molecule has 5 nitrogen and oxygen atoms in total. The molecule has 0 saturated heterocycles. The fraction of sp³-hybridized carbons (Fsp3) is 0.444. The molecule has 0 aromatic rings. The zero-order chi connectivity index (χ0) is 10.8. The third kappa shape index (κ3) is 5.93. The largest absolute Gasteiger partial charge is 0.508 e. The minimum atomic E-state index is -0.727. The highest BCUT2D eigenvalue weighted by atomic mass is 16.7. The first kappa shape index (κ1) is 12.3. The van der Waals surface area contributed by atoms with Gasteiger partial charge >= 0.3 is 6.16 Å². The molecule has 0 spiro atoms. The van der Waals surface area contributed by atoms with E-state index in [4.69, 9.17) is 10.1 Å². The number of nitrogens with one attached hydrogen (secondary N) is 1. The van der Waals surface area contributed by atoms with Crippen LogP contribution in [0, 0.1) is 5.41 Å². The van der Waals surface area contributed by atoms with Crippen LogP contribution in [-0.2, 0) is 9.47 Å². The summed E-state index contributed by atoms with van der Waals surface area (Å²) in [5, 5.41) is 6.70. The molecule has 0 saturated carbocycles. The molecule has 0 aromatic heterocycles. The van der Waals surface area contributed by atoms with Crippen LogP contribution in [0.2, 0.25) is 0 Å². The average Bonchev–Trinajstić information content (AvgIpc) is 2.21. The van der Waals surface area contributed by atoms with Gasteiger partial charge in [0.2, 0.25) is 0 Å². The normalized spacial score (nSPS) is 11.4. The molecular weight excluding hydrogens is 184 g/mol. The highest BCUT2D eigenvalue weighted by Gasteiger charge is 2.01. The SMILES string of the molecule is CC/C=C(\C=NC=N)COC(=O)OC. The standard InChI is InChI=1S/C9H14N2O3/c1-3-4-8(5-11-7-10)6-14-9(12)13-2/h4-5,7,10H,3,6H2,1-2H3/b8-4+,10-7?,11-5?. The van der Waals surface area contributed by atoms with Gasteiger partial charge in [-0.15, -0.1) is 0 Å². The number of carbonyl (C=O) groups excluding carboxylic acids is 1. The monoisotopic (exact) mass is 198 g/mol. The Labute approximate surface area is 82.9 Å². The van der Waals surface area contributed by atoms with E-state index in [1.165, 1.54) is 13.3 Å². The Morgan fingerprint density at radius 2 is 2.29 bits per heavy atom. The van der Waals surface area contributed by atoms with Gasteiger partial charge in [0, 0.05) is 11.8 Å². The quantitative estimate of drug-likeness (QED) is 0.416. The van der Waals surface area contributed by atoms with Crippen molar-refractivity contribution in [1.82, 2.24) is 0 Å². The number of hydrogen-bond donors (Lipinski definition) is 1. The third-order valence-corrected chi connectivity index (χ3v) is 1.30. The van der Waals surface area contributed by atoms with Crippen molar-refractivity contribution in [2.45, 2.75) is 13.3 Å². The highest BCUT2D eigenvalue weighted by molar-refractivity contribution is 5.84. The van der Waals surface area contributed by atoms with Crippen LogP contribution in [0.1, 0.15) is 13.3 Å². The fourth-order valence-corrected chi connectivity index (χ4v) is 0.745. The van der Waals surface area contributed by atoms with Crippen molar-refractivity contribution in [2.75, 3.05) is 13.7 Å². The Kier molecular flexibility index (Phi) is 7.03. The Morgan fingerprint density at radius 3 is 2.79 bits per heavy atom. The van der Waals surface area contributed by atoms with E-state index in [-0.39, 0.29) is 6.61 Å². The number of methoxy groups -OCH3 is 1. The maximum absolute atomic E-state index is 10.6. The zero-order valence-corrected chi connectivity index (χ0v) is 8.32. The van der Waals surface area contributed by atoms with E-state index >= 15 is 0 Å². The lowest BCUT2D eigenvalue weighted by Crippen LogP contribution is -2.08. The van der Waals surface area contributed by atoms with Crippen molar-refractivity contribution in [3.05, 3.63) is 11.6 Å². The van der Waals surface area contributed by atoms with E-state index in [1.54, 1.807) is 0 Å². The molecular formula is C9H14N2O3. The summed E-state index contributed by atoms with van der Waals surface area (Å²) in [6, 6.07) is 0. The summed E-state index contributed by atoms with van der Waals surface area (Å²) >= 11 is 0. The van der Waals surface area contributed by atoms with Crippen molar-refractivity contribution in [2.24, 2.45) is 4.99 Å². The van der Waals surface area contributed by atoms with Crippen molar-refractivity contribution in [3.63, 3.8) is 0 Å². The first-order valence-corrected chi connectivity index (χ1v) is 4.16. The number of nitrogens with zero attached hydrogens (tertiary/aromatic N) is 1. The van der Waals surface area contributed by atoms with Crippen molar-refractivity contribution in [3.8, 4) is 0 Å². The molecule has 0 aliphatic carbocycles. The van der Waals surface area contributed by atoms with Gasteiger partial charge in [-0.1, -0.05) is 13.0 Å². The van der Waals surface area contributed by atoms with Crippen LogP contribution >= 0.6 is 0 Å². The molecule has 0 rings (SSSR count). The van der Waals surface area contributed by atoms with E-state index in [2.05, 4.69) is 9.73 Å². The second-order valence-electron chi connectivity index (χ2n) is 2.34. The Hall–Kier alpha value is -1.65. The second-order valence-corrected chi connectivity index (χ2v) is 2.34. The fourth-order valence-electron chi connectivity index (χ4n) is 0.745. The molecule has 78 valence electrons. The van der Waals surface area contributed by atoms with Gasteiger partial charge in [-0.05, 0) is 6.42 Å². The Morgan fingerprint density at radius 1 is 1.57 bits per heavy atom. The number of rotatable bonds is 5. The lowest BCUT2D eigenvalue weighted by Gasteiger charge is -2.02. The molecule has 0 unspecified atom stereocenters. The van der Waals surface area contributed by atoms with Crippen molar-refractivity contribution in [1.29, 1.82) is 5.41 Å². The molecule has 0 aromatic carbocycles. The van der Waals surface area contributed by atoms with E-state index in [9.17, 15) is 4.79 Å². The van der Waals surface area contributed by atoms with E-state index in [0.29, 0.717) is 0 Å². The van der Waals surface area contributed by atoms with Crippen LogP contribution < -0.4 is 0 Å². The van der Waals surface area contributed by atoms with Crippen LogP contribution in [0.25, 0.3) is 0 Å². The summed E-state index contributed by atoms with van der Waals surface area (Å²) in [4.78, 5) is 14.2. The first-order chi connectivity index (χ1) is 6.74. The maximum atomic E-state index is 10.6. The molecule has 0 atom stereocenters.